The highest BCUT2D eigenvalue weighted by Crippen LogP contribution is 2.31. The van der Waals surface area contributed by atoms with Gasteiger partial charge in [-0.2, -0.15) is 0 Å². The summed E-state index contributed by atoms with van der Waals surface area (Å²) < 4.78 is 0. The number of carbonyl (C=O) groups excluding carboxylic acids is 2. The number of likely N-dealkylation sites (tertiary alicyclic amines) is 1. The highest BCUT2D eigenvalue weighted by molar-refractivity contribution is 7.15. The molecule has 0 radical (unpaired) electrons. The molecule has 2 aliphatic rings. The summed E-state index contributed by atoms with van der Waals surface area (Å²) in [7, 11) is 0. The highest BCUT2D eigenvalue weighted by atomic mass is 32.1. The third kappa shape index (κ3) is 4.02. The zero-order chi connectivity index (χ0) is 16.4. The van der Waals surface area contributed by atoms with Gasteiger partial charge in [-0.15, -0.1) is 11.3 Å². The predicted octanol–water partition coefficient (Wildman–Crippen LogP) is 2.40. The van der Waals surface area contributed by atoms with Gasteiger partial charge in [0.15, 0.2) is 5.13 Å². The van der Waals surface area contributed by atoms with Gasteiger partial charge in [0.25, 0.3) is 0 Å². The number of anilines is 1. The minimum atomic E-state index is -0.247. The Morgan fingerprint density at radius 2 is 2.30 bits per heavy atom. The molecule has 3 amide bonds. The zero-order valence-electron chi connectivity index (χ0n) is 13.7. The van der Waals surface area contributed by atoms with Gasteiger partial charge in [0.2, 0.25) is 5.91 Å². The van der Waals surface area contributed by atoms with Crippen molar-refractivity contribution in [1.82, 2.24) is 15.2 Å². The number of aromatic nitrogens is 1. The van der Waals surface area contributed by atoms with Crippen molar-refractivity contribution in [1.29, 1.82) is 0 Å². The minimum absolute atomic E-state index is 0.0772. The summed E-state index contributed by atoms with van der Waals surface area (Å²) in [5.41, 5.74) is 1.14. The molecule has 7 heteroatoms. The van der Waals surface area contributed by atoms with E-state index in [0.29, 0.717) is 24.0 Å². The summed E-state index contributed by atoms with van der Waals surface area (Å²) in [4.78, 5) is 31.4. The quantitative estimate of drug-likeness (QED) is 0.886. The van der Waals surface area contributed by atoms with E-state index in [2.05, 4.69) is 22.5 Å². The van der Waals surface area contributed by atoms with Gasteiger partial charge >= 0.3 is 6.03 Å². The second kappa shape index (κ2) is 6.86. The van der Waals surface area contributed by atoms with Crippen molar-refractivity contribution in [3.63, 3.8) is 0 Å². The van der Waals surface area contributed by atoms with E-state index in [9.17, 15) is 9.59 Å². The van der Waals surface area contributed by atoms with E-state index in [1.165, 1.54) is 11.3 Å². The van der Waals surface area contributed by atoms with Crippen LogP contribution in [0.25, 0.3) is 0 Å². The van der Waals surface area contributed by atoms with Crippen molar-refractivity contribution in [3.05, 3.63) is 10.6 Å². The number of amides is 3. The zero-order valence-corrected chi connectivity index (χ0v) is 14.5. The molecule has 126 valence electrons. The van der Waals surface area contributed by atoms with Crippen LogP contribution in [0.3, 0.4) is 0 Å². The molecule has 0 bridgehead atoms. The summed E-state index contributed by atoms with van der Waals surface area (Å²) in [5, 5.41) is 6.39. The first-order chi connectivity index (χ1) is 11.0. The number of thiazole rings is 1. The summed E-state index contributed by atoms with van der Waals surface area (Å²) >= 11 is 1.58. The summed E-state index contributed by atoms with van der Waals surface area (Å²) in [6.45, 7) is 5.53. The molecule has 0 aromatic carbocycles. The maximum atomic E-state index is 12.1. The molecule has 2 atom stereocenters. The van der Waals surface area contributed by atoms with E-state index in [1.807, 2.05) is 11.8 Å². The van der Waals surface area contributed by atoms with Gasteiger partial charge in [0.05, 0.1) is 5.69 Å². The van der Waals surface area contributed by atoms with Crippen LogP contribution in [0.5, 0.6) is 0 Å². The molecule has 1 aromatic rings. The number of urea groups is 1. The van der Waals surface area contributed by atoms with Gasteiger partial charge in [-0.25, -0.2) is 9.78 Å². The molecule has 6 nitrogen and oxygen atoms in total. The van der Waals surface area contributed by atoms with Gasteiger partial charge in [0, 0.05) is 30.4 Å². The maximum absolute atomic E-state index is 12.1. The smallest absolute Gasteiger partial charge is 0.321 e. The van der Waals surface area contributed by atoms with Crippen molar-refractivity contribution in [2.24, 2.45) is 5.92 Å². The van der Waals surface area contributed by atoms with Crippen LogP contribution in [-0.4, -0.2) is 41.0 Å². The number of carbonyl (C=O) groups is 2. The maximum Gasteiger partial charge on any atom is 0.321 e. The number of nitrogens with one attached hydrogen (secondary N) is 2. The first kappa shape index (κ1) is 16.2. The lowest BCUT2D eigenvalue weighted by Gasteiger charge is -2.21. The van der Waals surface area contributed by atoms with Gasteiger partial charge in [-0.05, 0) is 38.5 Å². The normalized spacial score (nSPS) is 21.9. The third-order valence-electron chi connectivity index (χ3n) is 4.45. The van der Waals surface area contributed by atoms with E-state index < -0.39 is 0 Å². The Labute approximate surface area is 140 Å². The van der Waals surface area contributed by atoms with Crippen LogP contribution in [0.4, 0.5) is 9.93 Å². The molecule has 1 aromatic heterocycles. The minimum Gasteiger partial charge on any atom is -0.341 e. The summed E-state index contributed by atoms with van der Waals surface area (Å²) in [6.07, 6.45) is 4.78. The predicted molar refractivity (Wildman–Crippen MR) is 90.7 cm³/mol. The molecule has 3 rings (SSSR count). The van der Waals surface area contributed by atoms with Crippen molar-refractivity contribution in [2.75, 3.05) is 18.4 Å². The van der Waals surface area contributed by atoms with Crippen LogP contribution in [0.1, 0.15) is 43.7 Å². The van der Waals surface area contributed by atoms with Crippen molar-refractivity contribution in [2.45, 2.75) is 52.0 Å². The Bertz CT molecular complexity index is 601. The average molecular weight is 336 g/mol. The van der Waals surface area contributed by atoms with Crippen LogP contribution in [0.15, 0.2) is 0 Å². The summed E-state index contributed by atoms with van der Waals surface area (Å²) in [5.74, 6) is 0.878. The molecule has 1 saturated heterocycles. The van der Waals surface area contributed by atoms with E-state index in [4.69, 9.17) is 0 Å². The van der Waals surface area contributed by atoms with E-state index in [-0.39, 0.29) is 18.0 Å². The van der Waals surface area contributed by atoms with Crippen LogP contribution in [0, 0.1) is 5.92 Å². The SMILES string of the molecule is C[C@H]1CCc2nc(NC(=O)N[C@H](C)CN3CCCC3=O)sc2C1. The number of nitrogens with zero attached hydrogens (tertiary/aromatic N) is 2. The molecule has 0 unspecified atom stereocenters. The first-order valence-electron chi connectivity index (χ1n) is 8.35. The number of hydrogen-bond donors (Lipinski definition) is 2. The lowest BCUT2D eigenvalue weighted by Crippen LogP contribution is -2.44. The van der Waals surface area contributed by atoms with Gasteiger partial charge in [-0.3, -0.25) is 10.1 Å². The number of fused-ring (bicyclic) bond motifs is 1. The van der Waals surface area contributed by atoms with Gasteiger partial charge in [0.1, 0.15) is 0 Å². The van der Waals surface area contributed by atoms with Crippen LogP contribution in [-0.2, 0) is 17.6 Å². The number of hydrogen-bond acceptors (Lipinski definition) is 4. The molecule has 2 heterocycles. The molecule has 0 saturated carbocycles. The fourth-order valence-electron chi connectivity index (χ4n) is 3.22. The Kier molecular flexibility index (Phi) is 4.84. The monoisotopic (exact) mass is 336 g/mol. The molecule has 2 N–H and O–H groups in total. The number of aryl methyl sites for hydroxylation is 1. The molecular weight excluding hydrogens is 312 g/mol. The van der Waals surface area contributed by atoms with E-state index in [1.54, 1.807) is 11.3 Å². The lowest BCUT2D eigenvalue weighted by atomic mass is 9.93. The molecular formula is C16H24N4O2S. The third-order valence-corrected chi connectivity index (χ3v) is 5.49. The summed E-state index contributed by atoms with van der Waals surface area (Å²) in [6, 6.07) is -0.324. The molecule has 1 aliphatic carbocycles. The van der Waals surface area contributed by atoms with Crippen molar-refractivity contribution < 1.29 is 9.59 Å². The molecule has 0 spiro atoms. The number of rotatable bonds is 4. The standard InChI is InChI=1S/C16H24N4O2S/c1-10-5-6-12-13(8-10)23-16(18-12)19-15(22)17-11(2)9-20-7-3-4-14(20)21/h10-11H,3-9H2,1-2H3,(H2,17,18,19,22)/t10-,11+/m0/s1. The lowest BCUT2D eigenvalue weighted by molar-refractivity contribution is -0.127. The van der Waals surface area contributed by atoms with Gasteiger partial charge in [-0.1, -0.05) is 6.92 Å². The fraction of sp³-hybridized carbons (Fsp3) is 0.688. The van der Waals surface area contributed by atoms with Crippen LogP contribution >= 0.6 is 11.3 Å². The van der Waals surface area contributed by atoms with E-state index >= 15 is 0 Å². The van der Waals surface area contributed by atoms with Gasteiger partial charge < -0.3 is 10.2 Å². The Hall–Kier alpha value is -1.63. The molecule has 1 aliphatic heterocycles. The first-order valence-corrected chi connectivity index (χ1v) is 9.17. The molecule has 23 heavy (non-hydrogen) atoms. The van der Waals surface area contributed by atoms with Crippen molar-refractivity contribution in [3.8, 4) is 0 Å². The van der Waals surface area contributed by atoms with Crippen molar-refractivity contribution >= 4 is 28.4 Å². The Morgan fingerprint density at radius 1 is 1.48 bits per heavy atom. The Morgan fingerprint density at radius 3 is 3.04 bits per heavy atom. The average Bonchev–Trinajstić information content (AvgIpc) is 3.04. The van der Waals surface area contributed by atoms with Crippen LogP contribution in [0.2, 0.25) is 0 Å². The highest BCUT2D eigenvalue weighted by Gasteiger charge is 2.23. The van der Waals surface area contributed by atoms with E-state index in [0.717, 1.165) is 31.5 Å². The molecule has 1 fully saturated rings. The topological polar surface area (TPSA) is 74.3 Å². The second-order valence-corrected chi connectivity index (χ2v) is 7.76. The van der Waals surface area contributed by atoms with Crippen LogP contribution < -0.4 is 10.6 Å². The fourth-order valence-corrected chi connectivity index (χ4v) is 4.39. The Balaban J connectivity index is 1.50. The largest absolute Gasteiger partial charge is 0.341 e. The second-order valence-electron chi connectivity index (χ2n) is 6.68.